The third kappa shape index (κ3) is 5.14. The van der Waals surface area contributed by atoms with Gasteiger partial charge in [-0.2, -0.15) is 0 Å². The van der Waals surface area contributed by atoms with Gasteiger partial charge in [-0.15, -0.1) is 0 Å². The summed E-state index contributed by atoms with van der Waals surface area (Å²) in [6, 6.07) is 1.63. The van der Waals surface area contributed by atoms with Crippen molar-refractivity contribution >= 4 is 45.1 Å². The van der Waals surface area contributed by atoms with E-state index in [1.54, 1.807) is 6.07 Å². The number of halogens is 2. The summed E-state index contributed by atoms with van der Waals surface area (Å²) in [4.78, 5) is 25.5. The Bertz CT molecular complexity index is 440. The molecular weight excluding hydrogens is 311 g/mol. The number of carboxylic acid groups (broad SMARTS) is 1. The van der Waals surface area contributed by atoms with E-state index in [1.165, 1.54) is 6.20 Å². The lowest BCUT2D eigenvalue weighted by atomic mass is 10.2. The normalized spacial score (nSPS) is 10.0. The second-order valence-electron chi connectivity index (χ2n) is 3.29. The van der Waals surface area contributed by atoms with Gasteiger partial charge in [0, 0.05) is 12.8 Å². The Morgan fingerprint density at radius 1 is 1.47 bits per heavy atom. The third-order valence-corrected chi connectivity index (χ3v) is 3.01. The maximum absolute atomic E-state index is 11.4. The molecule has 2 N–H and O–H groups in total. The van der Waals surface area contributed by atoms with E-state index in [1.807, 2.05) is 0 Å². The number of aliphatic carboxylic acids is 1. The standard InChI is InChI=1S/C10H10BrClN2O3/c11-7-4-6(5-13-10(7)12)14-8(15)2-1-3-9(16)17/h4-5H,1-3H2,(H,14,15)(H,16,17). The van der Waals surface area contributed by atoms with Crippen molar-refractivity contribution in [3.63, 3.8) is 0 Å². The van der Waals surface area contributed by atoms with Gasteiger partial charge in [-0.25, -0.2) is 4.98 Å². The monoisotopic (exact) mass is 320 g/mol. The van der Waals surface area contributed by atoms with Gasteiger partial charge in [0.05, 0.1) is 16.4 Å². The molecule has 1 rings (SSSR count). The molecule has 0 saturated heterocycles. The number of pyridine rings is 1. The topological polar surface area (TPSA) is 79.3 Å². The molecular formula is C10H10BrClN2O3. The zero-order valence-corrected chi connectivity index (χ0v) is 11.1. The molecule has 0 saturated carbocycles. The van der Waals surface area contributed by atoms with Crippen LogP contribution in [0.3, 0.4) is 0 Å². The largest absolute Gasteiger partial charge is 0.481 e. The number of nitrogens with one attached hydrogen (secondary N) is 1. The molecule has 1 aromatic rings. The van der Waals surface area contributed by atoms with Crippen molar-refractivity contribution < 1.29 is 14.7 Å². The number of anilines is 1. The SMILES string of the molecule is O=C(O)CCCC(=O)Nc1cnc(Cl)c(Br)c1. The second kappa shape index (κ2) is 6.56. The fourth-order valence-electron chi connectivity index (χ4n) is 1.11. The van der Waals surface area contributed by atoms with Crippen LogP contribution in [0.25, 0.3) is 0 Å². The molecule has 92 valence electrons. The van der Waals surface area contributed by atoms with Gasteiger partial charge in [-0.3, -0.25) is 9.59 Å². The summed E-state index contributed by atoms with van der Waals surface area (Å²) < 4.78 is 0.586. The van der Waals surface area contributed by atoms with Gasteiger partial charge < -0.3 is 10.4 Å². The molecule has 0 radical (unpaired) electrons. The van der Waals surface area contributed by atoms with Crippen molar-refractivity contribution in [2.24, 2.45) is 0 Å². The highest BCUT2D eigenvalue weighted by molar-refractivity contribution is 9.10. The average molecular weight is 322 g/mol. The van der Waals surface area contributed by atoms with Crippen LogP contribution in [-0.2, 0) is 9.59 Å². The van der Waals surface area contributed by atoms with Gasteiger partial charge in [0.1, 0.15) is 5.15 Å². The molecule has 1 amide bonds. The van der Waals surface area contributed by atoms with Crippen LogP contribution in [-0.4, -0.2) is 22.0 Å². The van der Waals surface area contributed by atoms with E-state index >= 15 is 0 Å². The summed E-state index contributed by atoms with van der Waals surface area (Å²) in [5, 5.41) is 11.3. The Kier molecular flexibility index (Phi) is 5.37. The van der Waals surface area contributed by atoms with E-state index in [9.17, 15) is 9.59 Å². The van der Waals surface area contributed by atoms with Crippen molar-refractivity contribution in [3.05, 3.63) is 21.9 Å². The van der Waals surface area contributed by atoms with Crippen LogP contribution in [0.15, 0.2) is 16.7 Å². The molecule has 0 fully saturated rings. The van der Waals surface area contributed by atoms with Crippen molar-refractivity contribution in [2.45, 2.75) is 19.3 Å². The van der Waals surface area contributed by atoms with Crippen LogP contribution in [0.4, 0.5) is 5.69 Å². The third-order valence-electron chi connectivity index (χ3n) is 1.87. The predicted molar refractivity (Wildman–Crippen MR) is 67.1 cm³/mol. The smallest absolute Gasteiger partial charge is 0.303 e. The Morgan fingerprint density at radius 3 is 2.76 bits per heavy atom. The lowest BCUT2D eigenvalue weighted by Gasteiger charge is -2.05. The minimum absolute atomic E-state index is 0.0179. The molecule has 1 heterocycles. The minimum Gasteiger partial charge on any atom is -0.481 e. The number of rotatable bonds is 5. The number of aromatic nitrogens is 1. The second-order valence-corrected chi connectivity index (χ2v) is 4.50. The van der Waals surface area contributed by atoms with Crippen LogP contribution >= 0.6 is 27.5 Å². The van der Waals surface area contributed by atoms with Gasteiger partial charge in [0.25, 0.3) is 0 Å². The predicted octanol–water partition coefficient (Wildman–Crippen LogP) is 2.69. The lowest BCUT2D eigenvalue weighted by molar-refractivity contribution is -0.137. The van der Waals surface area contributed by atoms with Gasteiger partial charge in [0.15, 0.2) is 0 Å². The van der Waals surface area contributed by atoms with E-state index in [-0.39, 0.29) is 18.7 Å². The number of carbonyl (C=O) groups is 2. The highest BCUT2D eigenvalue weighted by atomic mass is 79.9. The van der Waals surface area contributed by atoms with Gasteiger partial charge in [-0.1, -0.05) is 11.6 Å². The van der Waals surface area contributed by atoms with Crippen molar-refractivity contribution in [3.8, 4) is 0 Å². The van der Waals surface area contributed by atoms with Gasteiger partial charge in [0.2, 0.25) is 5.91 Å². The minimum atomic E-state index is -0.909. The zero-order chi connectivity index (χ0) is 12.8. The van der Waals surface area contributed by atoms with E-state index in [0.29, 0.717) is 21.7 Å². The molecule has 0 unspecified atom stereocenters. The number of carboxylic acids is 1. The van der Waals surface area contributed by atoms with Crippen LogP contribution in [0, 0.1) is 0 Å². The molecule has 0 aliphatic carbocycles. The molecule has 17 heavy (non-hydrogen) atoms. The number of amides is 1. The van der Waals surface area contributed by atoms with Crippen molar-refractivity contribution in [2.75, 3.05) is 5.32 Å². The average Bonchev–Trinajstić information content (AvgIpc) is 2.23. The quantitative estimate of drug-likeness (QED) is 0.817. The van der Waals surface area contributed by atoms with E-state index in [2.05, 4.69) is 26.2 Å². The maximum Gasteiger partial charge on any atom is 0.303 e. The number of nitrogens with zero attached hydrogens (tertiary/aromatic N) is 1. The van der Waals surface area contributed by atoms with E-state index in [4.69, 9.17) is 16.7 Å². The summed E-state index contributed by atoms with van der Waals surface area (Å²) in [6.07, 6.45) is 1.88. The molecule has 0 aromatic carbocycles. The Morgan fingerprint density at radius 2 is 2.18 bits per heavy atom. The summed E-state index contributed by atoms with van der Waals surface area (Å²) in [6.45, 7) is 0. The first-order chi connectivity index (χ1) is 7.99. The highest BCUT2D eigenvalue weighted by Gasteiger charge is 2.06. The van der Waals surface area contributed by atoms with Crippen molar-refractivity contribution in [1.29, 1.82) is 0 Å². The highest BCUT2D eigenvalue weighted by Crippen LogP contribution is 2.22. The molecule has 0 spiro atoms. The fourth-order valence-corrected chi connectivity index (χ4v) is 1.57. The number of hydrogen-bond donors (Lipinski definition) is 2. The van der Waals surface area contributed by atoms with E-state index in [0.717, 1.165) is 0 Å². The first-order valence-electron chi connectivity index (χ1n) is 4.81. The van der Waals surface area contributed by atoms with Gasteiger partial charge >= 0.3 is 5.97 Å². The fraction of sp³-hybridized carbons (Fsp3) is 0.300. The number of carbonyl (C=O) groups excluding carboxylic acids is 1. The van der Waals surface area contributed by atoms with Crippen LogP contribution in [0.5, 0.6) is 0 Å². The van der Waals surface area contributed by atoms with Crippen LogP contribution in [0.1, 0.15) is 19.3 Å². The molecule has 7 heteroatoms. The molecule has 1 aromatic heterocycles. The van der Waals surface area contributed by atoms with Gasteiger partial charge in [-0.05, 0) is 28.4 Å². The summed E-state index contributed by atoms with van der Waals surface area (Å²) in [7, 11) is 0. The van der Waals surface area contributed by atoms with Crippen LogP contribution < -0.4 is 5.32 Å². The first kappa shape index (κ1) is 13.9. The molecule has 0 bridgehead atoms. The Balaban J connectivity index is 2.45. The Labute approximate surface area is 111 Å². The lowest BCUT2D eigenvalue weighted by Crippen LogP contribution is -2.12. The summed E-state index contributed by atoms with van der Waals surface area (Å²) >= 11 is 8.88. The molecule has 0 atom stereocenters. The zero-order valence-electron chi connectivity index (χ0n) is 8.74. The first-order valence-corrected chi connectivity index (χ1v) is 5.99. The molecule has 0 aliphatic rings. The maximum atomic E-state index is 11.4. The number of hydrogen-bond acceptors (Lipinski definition) is 3. The molecule has 5 nitrogen and oxygen atoms in total. The summed E-state index contributed by atoms with van der Waals surface area (Å²) in [5.41, 5.74) is 0.515. The Hall–Kier alpha value is -1.14. The molecule has 0 aliphatic heterocycles. The van der Waals surface area contributed by atoms with E-state index < -0.39 is 5.97 Å². The summed E-state index contributed by atoms with van der Waals surface area (Å²) in [5.74, 6) is -1.16. The van der Waals surface area contributed by atoms with Crippen molar-refractivity contribution in [1.82, 2.24) is 4.98 Å². The van der Waals surface area contributed by atoms with Crippen LogP contribution in [0.2, 0.25) is 5.15 Å².